The number of hydrogen-bond acceptors (Lipinski definition) is 4. The Morgan fingerprint density at radius 3 is 2.14 bits per heavy atom. The third-order valence-corrected chi connectivity index (χ3v) is 3.45. The molecule has 1 aromatic rings. The van der Waals surface area contributed by atoms with Gasteiger partial charge < -0.3 is 10.4 Å². The predicted molar refractivity (Wildman–Crippen MR) is 75.7 cm³/mol. The highest BCUT2D eigenvalue weighted by Gasteiger charge is 2.41. The van der Waals surface area contributed by atoms with Crippen molar-refractivity contribution in [2.75, 3.05) is 6.61 Å². The SMILES string of the molecule is CC(C(=O)NC(C)(C)CO)N1C(=O)c2ccccc2C1=O. The monoisotopic (exact) mass is 290 g/mol. The summed E-state index contributed by atoms with van der Waals surface area (Å²) >= 11 is 0. The Labute approximate surface area is 122 Å². The van der Waals surface area contributed by atoms with Gasteiger partial charge in [0.05, 0.1) is 23.3 Å². The Morgan fingerprint density at radius 2 is 1.71 bits per heavy atom. The van der Waals surface area contributed by atoms with Crippen LogP contribution in [0.5, 0.6) is 0 Å². The summed E-state index contributed by atoms with van der Waals surface area (Å²) in [6, 6.07) is 5.54. The minimum absolute atomic E-state index is 0.242. The number of nitrogens with zero attached hydrogens (tertiary/aromatic N) is 1. The van der Waals surface area contributed by atoms with Crippen molar-refractivity contribution >= 4 is 17.7 Å². The minimum atomic E-state index is -0.941. The highest BCUT2D eigenvalue weighted by Crippen LogP contribution is 2.24. The molecule has 0 aromatic heterocycles. The third kappa shape index (κ3) is 2.67. The van der Waals surface area contributed by atoms with Gasteiger partial charge in [0.25, 0.3) is 11.8 Å². The van der Waals surface area contributed by atoms with E-state index in [1.807, 2.05) is 0 Å². The van der Waals surface area contributed by atoms with E-state index >= 15 is 0 Å². The van der Waals surface area contributed by atoms with Gasteiger partial charge in [0.1, 0.15) is 6.04 Å². The third-order valence-electron chi connectivity index (χ3n) is 3.45. The molecule has 1 heterocycles. The fraction of sp³-hybridized carbons (Fsp3) is 0.400. The highest BCUT2D eigenvalue weighted by atomic mass is 16.3. The number of imide groups is 1. The van der Waals surface area contributed by atoms with Crippen LogP contribution in [0, 0.1) is 0 Å². The Hall–Kier alpha value is -2.21. The molecule has 2 rings (SSSR count). The maximum atomic E-state index is 12.3. The summed E-state index contributed by atoms with van der Waals surface area (Å²) in [6.45, 7) is 4.55. The number of hydrogen-bond donors (Lipinski definition) is 2. The van der Waals surface area contributed by atoms with Crippen LogP contribution in [0.25, 0.3) is 0 Å². The van der Waals surface area contributed by atoms with Crippen molar-refractivity contribution in [1.82, 2.24) is 10.2 Å². The number of aliphatic hydroxyl groups is 1. The molecule has 1 unspecified atom stereocenters. The molecular formula is C15H18N2O4. The van der Waals surface area contributed by atoms with Crippen molar-refractivity contribution in [3.63, 3.8) is 0 Å². The fourth-order valence-corrected chi connectivity index (χ4v) is 2.15. The van der Waals surface area contributed by atoms with Gasteiger partial charge in [-0.2, -0.15) is 0 Å². The smallest absolute Gasteiger partial charge is 0.262 e. The number of benzene rings is 1. The van der Waals surface area contributed by atoms with E-state index in [2.05, 4.69) is 5.32 Å². The van der Waals surface area contributed by atoms with Crippen molar-refractivity contribution < 1.29 is 19.5 Å². The van der Waals surface area contributed by atoms with Crippen LogP contribution in [-0.4, -0.2) is 45.9 Å². The van der Waals surface area contributed by atoms with Crippen LogP contribution >= 0.6 is 0 Å². The molecule has 21 heavy (non-hydrogen) atoms. The Bertz CT molecular complexity index is 574. The molecule has 0 saturated heterocycles. The first kappa shape index (κ1) is 15.2. The van der Waals surface area contributed by atoms with Crippen molar-refractivity contribution in [2.45, 2.75) is 32.4 Å². The number of fused-ring (bicyclic) bond motifs is 1. The normalized spacial score (nSPS) is 15.9. The van der Waals surface area contributed by atoms with Gasteiger partial charge in [0, 0.05) is 0 Å². The molecule has 2 N–H and O–H groups in total. The van der Waals surface area contributed by atoms with Crippen molar-refractivity contribution in [1.29, 1.82) is 0 Å². The maximum Gasteiger partial charge on any atom is 0.262 e. The van der Waals surface area contributed by atoms with Gasteiger partial charge in [-0.25, -0.2) is 0 Å². The predicted octanol–water partition coefficient (Wildman–Crippen LogP) is 0.558. The van der Waals surface area contributed by atoms with Gasteiger partial charge >= 0.3 is 0 Å². The lowest BCUT2D eigenvalue weighted by atomic mass is 10.1. The molecule has 6 nitrogen and oxygen atoms in total. The van der Waals surface area contributed by atoms with E-state index in [4.69, 9.17) is 0 Å². The van der Waals surface area contributed by atoms with Crippen LogP contribution in [0.4, 0.5) is 0 Å². The van der Waals surface area contributed by atoms with E-state index in [9.17, 15) is 19.5 Å². The molecule has 6 heteroatoms. The van der Waals surface area contributed by atoms with Crippen molar-refractivity contribution in [2.24, 2.45) is 0 Å². The maximum absolute atomic E-state index is 12.3. The minimum Gasteiger partial charge on any atom is -0.394 e. The van der Waals surface area contributed by atoms with E-state index < -0.39 is 29.3 Å². The molecule has 1 atom stereocenters. The molecule has 3 amide bonds. The lowest BCUT2D eigenvalue weighted by Crippen LogP contribution is -2.54. The summed E-state index contributed by atoms with van der Waals surface area (Å²) in [6.07, 6.45) is 0. The Kier molecular flexibility index (Phi) is 3.82. The van der Waals surface area contributed by atoms with Crippen LogP contribution in [0.2, 0.25) is 0 Å². The topological polar surface area (TPSA) is 86.7 Å². The average molecular weight is 290 g/mol. The second-order valence-corrected chi connectivity index (χ2v) is 5.73. The molecule has 1 aromatic carbocycles. The molecule has 0 aliphatic carbocycles. The number of rotatable bonds is 4. The van der Waals surface area contributed by atoms with Gasteiger partial charge in [0.2, 0.25) is 5.91 Å². The number of amides is 3. The summed E-state index contributed by atoms with van der Waals surface area (Å²) in [7, 11) is 0. The molecule has 0 bridgehead atoms. The van der Waals surface area contributed by atoms with Crippen molar-refractivity contribution in [3.05, 3.63) is 35.4 Å². The zero-order valence-electron chi connectivity index (χ0n) is 12.2. The van der Waals surface area contributed by atoms with Crippen LogP contribution in [-0.2, 0) is 4.79 Å². The summed E-state index contributed by atoms with van der Waals surface area (Å²) in [5, 5.41) is 11.8. The van der Waals surface area contributed by atoms with E-state index in [-0.39, 0.29) is 6.61 Å². The number of carbonyl (C=O) groups is 3. The molecule has 0 radical (unpaired) electrons. The molecular weight excluding hydrogens is 272 g/mol. The van der Waals surface area contributed by atoms with Crippen LogP contribution < -0.4 is 5.32 Å². The lowest BCUT2D eigenvalue weighted by Gasteiger charge is -2.28. The van der Waals surface area contributed by atoms with Gasteiger partial charge in [-0.15, -0.1) is 0 Å². The van der Waals surface area contributed by atoms with Crippen molar-refractivity contribution in [3.8, 4) is 0 Å². The summed E-state index contributed by atoms with van der Waals surface area (Å²) in [5.41, 5.74) is -0.198. The quantitative estimate of drug-likeness (QED) is 0.793. The summed E-state index contributed by atoms with van der Waals surface area (Å²) in [5.74, 6) is -1.43. The Balaban J connectivity index is 2.22. The lowest BCUT2D eigenvalue weighted by molar-refractivity contribution is -0.126. The van der Waals surface area contributed by atoms with E-state index in [0.29, 0.717) is 11.1 Å². The second-order valence-electron chi connectivity index (χ2n) is 5.73. The second kappa shape index (κ2) is 5.29. The number of carbonyl (C=O) groups excluding carboxylic acids is 3. The molecule has 0 saturated carbocycles. The van der Waals surface area contributed by atoms with Crippen LogP contribution in [0.15, 0.2) is 24.3 Å². The number of aliphatic hydroxyl groups excluding tert-OH is 1. The first-order chi connectivity index (χ1) is 9.78. The Morgan fingerprint density at radius 1 is 1.24 bits per heavy atom. The molecule has 1 aliphatic heterocycles. The van der Waals surface area contributed by atoms with Gasteiger partial charge in [-0.05, 0) is 32.9 Å². The van der Waals surface area contributed by atoms with Gasteiger partial charge in [-0.1, -0.05) is 12.1 Å². The van der Waals surface area contributed by atoms with Gasteiger partial charge in [0.15, 0.2) is 0 Å². The van der Waals surface area contributed by atoms with Gasteiger partial charge in [-0.3, -0.25) is 19.3 Å². The summed E-state index contributed by atoms with van der Waals surface area (Å²) in [4.78, 5) is 37.7. The first-order valence-corrected chi connectivity index (χ1v) is 6.68. The van der Waals surface area contributed by atoms with Crippen LogP contribution in [0.1, 0.15) is 41.5 Å². The molecule has 0 spiro atoms. The first-order valence-electron chi connectivity index (χ1n) is 6.68. The zero-order chi connectivity index (χ0) is 15.8. The van der Waals surface area contributed by atoms with E-state index in [1.54, 1.807) is 38.1 Å². The molecule has 1 aliphatic rings. The fourth-order valence-electron chi connectivity index (χ4n) is 2.15. The van der Waals surface area contributed by atoms with E-state index in [1.165, 1.54) is 6.92 Å². The highest BCUT2D eigenvalue weighted by molar-refractivity contribution is 6.22. The molecule has 112 valence electrons. The van der Waals surface area contributed by atoms with E-state index in [0.717, 1.165) is 4.90 Å². The van der Waals surface area contributed by atoms with Crippen LogP contribution in [0.3, 0.4) is 0 Å². The number of nitrogens with one attached hydrogen (secondary N) is 1. The molecule has 0 fully saturated rings. The standard InChI is InChI=1S/C15H18N2O4/c1-9(12(19)16-15(2,3)8-18)17-13(20)10-6-4-5-7-11(10)14(17)21/h4-7,9,18H,8H2,1-3H3,(H,16,19). The largest absolute Gasteiger partial charge is 0.394 e. The zero-order valence-corrected chi connectivity index (χ0v) is 12.2. The average Bonchev–Trinajstić information content (AvgIpc) is 2.70. The summed E-state index contributed by atoms with van der Waals surface area (Å²) < 4.78 is 0.